The maximum Gasteiger partial charge on any atom is -0.0295 e. The molecule has 0 aromatic carbocycles. The largest absolute Gasteiger partial charge is 0.0651 e. The van der Waals surface area contributed by atoms with Crippen LogP contribution in [0.4, 0.5) is 0 Å². The van der Waals surface area contributed by atoms with Gasteiger partial charge in [0.1, 0.15) is 0 Å². The lowest BCUT2D eigenvalue weighted by atomic mass is 9.45. The van der Waals surface area contributed by atoms with Crippen LogP contribution >= 0.6 is 0 Å². The van der Waals surface area contributed by atoms with Gasteiger partial charge in [-0.2, -0.15) is 0 Å². The first-order chi connectivity index (χ1) is 42.5. The summed E-state index contributed by atoms with van der Waals surface area (Å²) in [5, 5.41) is 0. The maximum absolute atomic E-state index is 2.51. The molecular weight excluding hydrogens is 1070 g/mol. The van der Waals surface area contributed by atoms with E-state index in [9.17, 15) is 0 Å². The number of hydrogen-bond acceptors (Lipinski definition) is 0. The molecular formula is C89H170. The average molecular weight is 1240 g/mol. The van der Waals surface area contributed by atoms with E-state index in [-0.39, 0.29) is 0 Å². The summed E-state index contributed by atoms with van der Waals surface area (Å²) in [6.45, 7) is 43.4. The predicted octanol–water partition coefficient (Wildman–Crippen LogP) is 30.1. The minimum atomic E-state index is 0.694. The van der Waals surface area contributed by atoms with E-state index in [4.69, 9.17) is 0 Å². The van der Waals surface area contributed by atoms with Gasteiger partial charge in [-0.25, -0.2) is 0 Å². The Morgan fingerprint density at radius 1 is 0.292 bits per heavy atom. The highest BCUT2D eigenvalue weighted by Gasteiger charge is 2.53. The van der Waals surface area contributed by atoms with Crippen LogP contribution < -0.4 is 0 Å². The highest BCUT2D eigenvalue weighted by atomic mass is 14.6. The molecule has 0 heterocycles. The minimum Gasteiger partial charge on any atom is -0.0651 e. The Kier molecular flexibility index (Phi) is 38.8. The minimum absolute atomic E-state index is 0.694. The Bertz CT molecular complexity index is 1630. The van der Waals surface area contributed by atoms with Crippen molar-refractivity contribution in [2.24, 2.45) is 147 Å². The van der Waals surface area contributed by atoms with Crippen molar-refractivity contribution in [3.8, 4) is 0 Å². The fourth-order valence-corrected chi connectivity index (χ4v) is 21.9. The molecule has 0 saturated heterocycles. The van der Waals surface area contributed by atoms with Gasteiger partial charge in [0.2, 0.25) is 0 Å². The van der Waals surface area contributed by atoms with Crippen LogP contribution in [0.2, 0.25) is 0 Å². The predicted molar refractivity (Wildman–Crippen MR) is 401 cm³/mol. The van der Waals surface area contributed by atoms with E-state index in [1.807, 2.05) is 0 Å². The molecule has 14 atom stereocenters. The van der Waals surface area contributed by atoms with Gasteiger partial charge < -0.3 is 0 Å². The maximum atomic E-state index is 2.51. The van der Waals surface area contributed by atoms with Crippen molar-refractivity contribution in [1.82, 2.24) is 0 Å². The first kappa shape index (κ1) is 79.7. The van der Waals surface area contributed by atoms with Gasteiger partial charge in [0.25, 0.3) is 0 Å². The molecule has 0 amide bonds. The Morgan fingerprint density at radius 2 is 0.596 bits per heavy atom. The van der Waals surface area contributed by atoms with E-state index in [1.165, 1.54) is 205 Å². The van der Waals surface area contributed by atoms with Crippen LogP contribution in [0.1, 0.15) is 420 Å². The molecule has 89 heavy (non-hydrogen) atoms. The molecule has 12 rings (SSSR count). The van der Waals surface area contributed by atoms with Crippen molar-refractivity contribution in [3.05, 3.63) is 0 Å². The molecule has 0 aromatic heterocycles. The Hall–Kier alpha value is 0. The molecule has 0 aliphatic heterocycles. The van der Waals surface area contributed by atoms with Gasteiger partial charge in [0, 0.05) is 0 Å². The average Bonchev–Trinajstić information content (AvgIpc) is 0.848. The summed E-state index contributed by atoms with van der Waals surface area (Å²) in [7, 11) is 0. The van der Waals surface area contributed by atoms with Crippen molar-refractivity contribution in [1.29, 1.82) is 0 Å². The third kappa shape index (κ3) is 30.1. The summed E-state index contributed by atoms with van der Waals surface area (Å²) in [6, 6.07) is 0. The van der Waals surface area contributed by atoms with Gasteiger partial charge in [0.15, 0.2) is 0 Å². The number of rotatable bonds is 10. The van der Waals surface area contributed by atoms with Gasteiger partial charge >= 0.3 is 0 Å². The lowest BCUT2D eigenvalue weighted by Gasteiger charge is -2.60. The van der Waals surface area contributed by atoms with Crippen molar-refractivity contribution in [3.63, 3.8) is 0 Å². The first-order valence-electron chi connectivity index (χ1n) is 42.5. The monoisotopic (exact) mass is 1240 g/mol. The highest BCUT2D eigenvalue weighted by Crippen LogP contribution is 2.62. The van der Waals surface area contributed by atoms with Crippen LogP contribution in [0, 0.1) is 147 Å². The third-order valence-corrected chi connectivity index (χ3v) is 28.4. The fraction of sp³-hybridized carbons (Fsp3) is 1.00. The van der Waals surface area contributed by atoms with Crippen LogP contribution in [-0.4, -0.2) is 0 Å². The van der Waals surface area contributed by atoms with E-state index in [0.717, 1.165) is 142 Å². The number of fused-ring (bicyclic) bond motifs is 8. The molecule has 0 radical (unpaired) electrons. The van der Waals surface area contributed by atoms with Gasteiger partial charge in [0.05, 0.1) is 0 Å². The van der Waals surface area contributed by atoms with Crippen LogP contribution in [0.25, 0.3) is 0 Å². The van der Waals surface area contributed by atoms with E-state index in [2.05, 4.69) is 125 Å². The van der Waals surface area contributed by atoms with Gasteiger partial charge in [-0.3, -0.25) is 0 Å². The third-order valence-electron chi connectivity index (χ3n) is 28.4. The van der Waals surface area contributed by atoms with Crippen LogP contribution in [-0.2, 0) is 0 Å². The topological polar surface area (TPSA) is 0 Å². The molecule has 12 saturated carbocycles. The second-order valence-electron chi connectivity index (χ2n) is 38.4. The zero-order valence-corrected chi connectivity index (χ0v) is 64.9. The zero-order valence-electron chi connectivity index (χ0n) is 64.9. The van der Waals surface area contributed by atoms with Crippen molar-refractivity contribution < 1.29 is 0 Å². The zero-order chi connectivity index (χ0) is 64.9. The molecule has 12 aliphatic carbocycles. The Morgan fingerprint density at radius 3 is 0.888 bits per heavy atom. The Balaban J connectivity index is 0.000000189. The molecule has 12 aliphatic rings. The standard InChI is InChI=1S/2C14H26.C13H24.C13H26.C12H22.C12H24.C11H22/c1-10(2)5-6-11-7-8-12-9-13(11)14(12,3)4;1-4-11-5-12-7-13(6-11)9-14(8-12)10(2)3;1-9(2)13-7-11-4-10(3)5-12(6-11)8-13;1-12(2)13-10-8-6-4-3-5-7-9-11-13;1-9(2)12-7-10-4-3-5-11(6-10)8-12;1-11(2)12-9-7-5-3-4-6-8-10-12;1-10(2)11-8-6-4-3-5-7-9-11/h10-13H,5-9H2,1-4H3;10-14H,4-9H2,1-3H3;9-13H,4-8H2,1-3H3;12-13H,3-11H2,1-2H3;9-12H,3-8H2,1-2H3;11-12H,3-10H2,1-2H3;10-11H,3-9H2,1-2H3/t11-,12+,13+;11?,12-,13+,14?;10?,11-,12+,13?;;10-,11+,12?;;/m1....../s1. The van der Waals surface area contributed by atoms with Gasteiger partial charge in [-0.15, -0.1) is 0 Å². The van der Waals surface area contributed by atoms with E-state index in [0.29, 0.717) is 5.41 Å². The second-order valence-corrected chi connectivity index (χ2v) is 38.4. The first-order valence-corrected chi connectivity index (χ1v) is 42.5. The molecule has 0 heteroatoms. The summed E-state index contributed by atoms with van der Waals surface area (Å²) >= 11 is 0. The van der Waals surface area contributed by atoms with Crippen LogP contribution in [0.5, 0.6) is 0 Å². The summed E-state index contributed by atoms with van der Waals surface area (Å²) in [6.07, 6.45) is 69.5. The summed E-state index contributed by atoms with van der Waals surface area (Å²) in [4.78, 5) is 0. The molecule has 0 aromatic rings. The van der Waals surface area contributed by atoms with Crippen molar-refractivity contribution in [2.45, 2.75) is 420 Å². The summed E-state index contributed by atoms with van der Waals surface area (Å²) < 4.78 is 0. The molecule has 5 unspecified atom stereocenters. The van der Waals surface area contributed by atoms with Gasteiger partial charge in [-0.05, 0) is 257 Å². The molecule has 12 fully saturated rings. The van der Waals surface area contributed by atoms with Crippen molar-refractivity contribution >= 4 is 0 Å². The van der Waals surface area contributed by atoms with Crippen LogP contribution in [0.15, 0.2) is 0 Å². The smallest absolute Gasteiger partial charge is 0.0295 e. The van der Waals surface area contributed by atoms with E-state index >= 15 is 0 Å². The second kappa shape index (κ2) is 43.3. The summed E-state index contributed by atoms with van der Waals surface area (Å²) in [5.74, 6) is 24.6. The fourth-order valence-electron chi connectivity index (χ4n) is 21.9. The highest BCUT2D eigenvalue weighted by molar-refractivity contribution is 5.03. The van der Waals surface area contributed by atoms with E-state index < -0.39 is 0 Å². The van der Waals surface area contributed by atoms with Crippen molar-refractivity contribution in [2.75, 3.05) is 0 Å². The lowest BCUT2D eigenvalue weighted by molar-refractivity contribution is -0.107. The summed E-state index contributed by atoms with van der Waals surface area (Å²) in [5.41, 5.74) is 0.694. The van der Waals surface area contributed by atoms with E-state index in [1.54, 1.807) is 89.9 Å². The SMILES string of the molecule is CC(C)C1CCCCCCC1.CC(C)C1CCCCCCCC1.CC(C)C1CCCCCCCCC1.CC(C)C1C[C@H]2CCC[C@@H](C1)C2.CC(C)CC[C@@H]1CC[C@H]2C[C@@H]1C2(C)C.CC1C[C@@H]2CC(C(C)C)C[C@H](C1)C2.CCC1C[C@@H]2CC(C(C)C)C[C@H](C1)C2. The van der Waals surface area contributed by atoms with Crippen LogP contribution in [0.3, 0.4) is 0 Å². The quantitative estimate of drug-likeness (QED) is 0.205. The lowest BCUT2D eigenvalue weighted by Crippen LogP contribution is -2.52. The molecule has 0 N–H and O–H groups in total. The van der Waals surface area contributed by atoms with Gasteiger partial charge in [-0.1, -0.05) is 311 Å². The number of hydrogen-bond donors (Lipinski definition) is 0. The molecule has 526 valence electrons. The molecule has 0 nitrogen and oxygen atoms in total. The molecule has 0 spiro atoms. The molecule has 8 bridgehead atoms. The normalized spacial score (nSPS) is 34.6. The Labute approximate surface area is 564 Å².